The molecule has 0 spiro atoms. The van der Waals surface area contributed by atoms with Gasteiger partial charge in [-0.15, -0.1) is 0 Å². The molecule has 0 atom stereocenters. The van der Waals surface area contributed by atoms with E-state index in [2.05, 4.69) is 10.0 Å². The molecule has 6 heteroatoms. The first-order valence-electron chi connectivity index (χ1n) is 9.32. The van der Waals surface area contributed by atoms with Gasteiger partial charge in [0.25, 0.3) is 0 Å². The van der Waals surface area contributed by atoms with Gasteiger partial charge in [-0.2, -0.15) is 0 Å². The number of ketones is 1. The predicted octanol–water partition coefficient (Wildman–Crippen LogP) is 5.38. The van der Waals surface area contributed by atoms with Gasteiger partial charge in [0.1, 0.15) is 17.0 Å². The molecule has 1 aliphatic heterocycles. The summed E-state index contributed by atoms with van der Waals surface area (Å²) in [6.07, 6.45) is 1.96. The van der Waals surface area contributed by atoms with E-state index in [1.54, 1.807) is 30.3 Å². The highest BCUT2D eigenvalue weighted by Crippen LogP contribution is 2.39. The normalized spacial score (nSPS) is 15.0. The first kappa shape index (κ1) is 18.3. The van der Waals surface area contributed by atoms with E-state index in [0.29, 0.717) is 34.9 Å². The number of carbonyl (C=O) groups is 1. The van der Waals surface area contributed by atoms with Crippen molar-refractivity contribution in [3.05, 3.63) is 54.1 Å². The molecule has 3 aromatic rings. The van der Waals surface area contributed by atoms with Gasteiger partial charge < -0.3 is 14.1 Å². The van der Waals surface area contributed by atoms with Crippen molar-refractivity contribution in [2.45, 2.75) is 38.7 Å². The molecule has 2 aromatic carbocycles. The van der Waals surface area contributed by atoms with Gasteiger partial charge in [0.05, 0.1) is 12.0 Å². The van der Waals surface area contributed by atoms with Crippen LogP contribution in [0.5, 0.6) is 11.5 Å². The van der Waals surface area contributed by atoms with Crippen molar-refractivity contribution in [3.63, 3.8) is 0 Å². The number of fused-ring (bicyclic) bond motifs is 1. The standard InChI is InChI=1S/C22H21NO5/c1-3-22(4-2)13-19(24)17-11-15(8-9-20(17)26-22)21-12-18(23-27-21)14-6-5-7-16(10-14)28-25/h5-12,25H,3-4,13H2,1-2H3. The maximum absolute atomic E-state index is 12.7. The molecule has 0 bridgehead atoms. The first-order chi connectivity index (χ1) is 13.6. The van der Waals surface area contributed by atoms with Crippen molar-refractivity contribution in [2.24, 2.45) is 0 Å². The topological polar surface area (TPSA) is 81.8 Å². The number of nitrogens with zero attached hydrogens (tertiary/aromatic N) is 1. The lowest BCUT2D eigenvalue weighted by Crippen LogP contribution is -2.40. The molecule has 28 heavy (non-hydrogen) atoms. The van der Waals surface area contributed by atoms with E-state index in [0.717, 1.165) is 24.0 Å². The number of ether oxygens (including phenoxy) is 1. The molecule has 1 N–H and O–H groups in total. The zero-order valence-electron chi connectivity index (χ0n) is 15.8. The Labute approximate surface area is 162 Å². The molecule has 0 fully saturated rings. The van der Waals surface area contributed by atoms with Crippen LogP contribution < -0.4 is 9.62 Å². The number of carbonyl (C=O) groups excluding carboxylic acids is 1. The summed E-state index contributed by atoms with van der Waals surface area (Å²) in [6, 6.07) is 14.1. The van der Waals surface area contributed by atoms with Crippen molar-refractivity contribution in [2.75, 3.05) is 0 Å². The number of Topliss-reactive ketones (excluding diaryl/α,β-unsaturated/α-hetero) is 1. The number of rotatable bonds is 5. The SMILES string of the molecule is CCC1(CC)CC(=O)c2cc(-c3cc(-c4cccc(OO)c4)no3)ccc2O1. The Bertz CT molecular complexity index is 1020. The van der Waals surface area contributed by atoms with Gasteiger partial charge in [0, 0.05) is 17.2 Å². The molecule has 144 valence electrons. The second-order valence-corrected chi connectivity index (χ2v) is 7.00. The van der Waals surface area contributed by atoms with E-state index in [1.807, 2.05) is 32.0 Å². The molecule has 0 saturated carbocycles. The van der Waals surface area contributed by atoms with Gasteiger partial charge in [-0.1, -0.05) is 31.1 Å². The van der Waals surface area contributed by atoms with Crippen molar-refractivity contribution >= 4 is 5.78 Å². The van der Waals surface area contributed by atoms with E-state index in [9.17, 15) is 4.79 Å². The molecule has 0 saturated heterocycles. The Morgan fingerprint density at radius 3 is 2.68 bits per heavy atom. The third kappa shape index (κ3) is 3.16. The summed E-state index contributed by atoms with van der Waals surface area (Å²) in [5.41, 5.74) is 2.26. The number of benzene rings is 2. The van der Waals surface area contributed by atoms with Crippen LogP contribution in [0.25, 0.3) is 22.6 Å². The summed E-state index contributed by atoms with van der Waals surface area (Å²) in [7, 11) is 0. The largest absolute Gasteiger partial charge is 0.486 e. The summed E-state index contributed by atoms with van der Waals surface area (Å²) in [4.78, 5) is 17.0. The summed E-state index contributed by atoms with van der Waals surface area (Å²) in [5.74, 6) is 1.56. The van der Waals surface area contributed by atoms with Gasteiger partial charge >= 0.3 is 0 Å². The summed E-state index contributed by atoms with van der Waals surface area (Å²) in [6.45, 7) is 4.09. The maximum Gasteiger partial charge on any atom is 0.170 e. The average Bonchev–Trinajstić information content (AvgIpc) is 3.24. The van der Waals surface area contributed by atoms with Crippen LogP contribution in [0.2, 0.25) is 0 Å². The van der Waals surface area contributed by atoms with Crippen LogP contribution in [0.1, 0.15) is 43.5 Å². The molecule has 4 rings (SSSR count). The van der Waals surface area contributed by atoms with Crippen molar-refractivity contribution < 1.29 is 24.2 Å². The van der Waals surface area contributed by atoms with Gasteiger partial charge in [0.15, 0.2) is 17.3 Å². The Hall–Kier alpha value is -3.12. The fraction of sp³-hybridized carbons (Fsp3) is 0.273. The second kappa shape index (κ2) is 7.13. The molecular weight excluding hydrogens is 358 g/mol. The first-order valence-corrected chi connectivity index (χ1v) is 9.32. The highest BCUT2D eigenvalue weighted by molar-refractivity contribution is 6.01. The van der Waals surface area contributed by atoms with Crippen LogP contribution in [0.3, 0.4) is 0 Å². The van der Waals surface area contributed by atoms with E-state index in [1.165, 1.54) is 0 Å². The Morgan fingerprint density at radius 1 is 1.11 bits per heavy atom. The smallest absolute Gasteiger partial charge is 0.170 e. The van der Waals surface area contributed by atoms with Crippen LogP contribution >= 0.6 is 0 Å². The highest BCUT2D eigenvalue weighted by Gasteiger charge is 2.37. The minimum Gasteiger partial charge on any atom is -0.486 e. The summed E-state index contributed by atoms with van der Waals surface area (Å²) < 4.78 is 11.7. The lowest BCUT2D eigenvalue weighted by atomic mass is 9.85. The third-order valence-electron chi connectivity index (χ3n) is 5.41. The molecule has 1 aromatic heterocycles. The highest BCUT2D eigenvalue weighted by atomic mass is 17.1. The zero-order valence-corrected chi connectivity index (χ0v) is 15.8. The van der Waals surface area contributed by atoms with Crippen LogP contribution in [-0.2, 0) is 0 Å². The van der Waals surface area contributed by atoms with Crippen LogP contribution in [0.15, 0.2) is 53.1 Å². The Kier molecular flexibility index (Phi) is 4.65. The Morgan fingerprint density at radius 2 is 1.93 bits per heavy atom. The van der Waals surface area contributed by atoms with Gasteiger partial charge in [-0.05, 0) is 43.2 Å². The zero-order chi connectivity index (χ0) is 19.7. The minimum atomic E-state index is -0.412. The predicted molar refractivity (Wildman–Crippen MR) is 104 cm³/mol. The number of aromatic nitrogens is 1. The lowest BCUT2D eigenvalue weighted by Gasteiger charge is -2.36. The van der Waals surface area contributed by atoms with E-state index in [4.69, 9.17) is 14.5 Å². The van der Waals surface area contributed by atoms with Crippen molar-refractivity contribution in [1.29, 1.82) is 0 Å². The van der Waals surface area contributed by atoms with Gasteiger partial charge in [-0.25, -0.2) is 5.26 Å². The molecule has 0 aliphatic carbocycles. The number of hydrogen-bond donors (Lipinski definition) is 1. The fourth-order valence-electron chi connectivity index (χ4n) is 3.55. The van der Waals surface area contributed by atoms with Crippen molar-refractivity contribution in [1.82, 2.24) is 5.16 Å². The van der Waals surface area contributed by atoms with Crippen LogP contribution in [-0.4, -0.2) is 21.8 Å². The molecule has 0 radical (unpaired) electrons. The molecule has 0 unspecified atom stereocenters. The van der Waals surface area contributed by atoms with Crippen molar-refractivity contribution in [3.8, 4) is 34.1 Å². The van der Waals surface area contributed by atoms with Gasteiger partial charge in [0.2, 0.25) is 0 Å². The quantitative estimate of drug-likeness (QED) is 0.473. The molecule has 6 nitrogen and oxygen atoms in total. The summed E-state index contributed by atoms with van der Waals surface area (Å²) in [5, 5.41) is 12.9. The third-order valence-corrected chi connectivity index (χ3v) is 5.41. The van der Waals surface area contributed by atoms with Gasteiger partial charge in [-0.3, -0.25) is 4.79 Å². The molecule has 1 aliphatic rings. The lowest BCUT2D eigenvalue weighted by molar-refractivity contribution is -0.137. The minimum absolute atomic E-state index is 0.0827. The fourth-order valence-corrected chi connectivity index (χ4v) is 3.55. The van der Waals surface area contributed by atoms with Crippen LogP contribution in [0.4, 0.5) is 0 Å². The average molecular weight is 379 g/mol. The van der Waals surface area contributed by atoms with E-state index in [-0.39, 0.29) is 5.78 Å². The Balaban J connectivity index is 1.66. The molecule has 2 heterocycles. The van der Waals surface area contributed by atoms with Crippen LogP contribution in [0, 0.1) is 0 Å². The molecule has 0 amide bonds. The molecular formula is C22H21NO5. The monoisotopic (exact) mass is 379 g/mol. The number of hydrogen-bond acceptors (Lipinski definition) is 6. The maximum atomic E-state index is 12.7. The van der Waals surface area contributed by atoms with E-state index >= 15 is 0 Å². The second-order valence-electron chi connectivity index (χ2n) is 7.00. The van der Waals surface area contributed by atoms with E-state index < -0.39 is 5.60 Å². The summed E-state index contributed by atoms with van der Waals surface area (Å²) >= 11 is 0.